The van der Waals surface area contributed by atoms with E-state index in [2.05, 4.69) is 386 Å². The molecule has 2 nitrogen and oxygen atoms in total. The minimum absolute atomic E-state index is 0.211. The van der Waals surface area contributed by atoms with Gasteiger partial charge in [0, 0.05) is 6.92 Å². The van der Waals surface area contributed by atoms with Crippen molar-refractivity contribution in [3.63, 3.8) is 0 Å². The van der Waals surface area contributed by atoms with E-state index in [-0.39, 0.29) is 5.97 Å². The highest BCUT2D eigenvalue weighted by molar-refractivity contribution is 5.65. The third-order valence-corrected chi connectivity index (χ3v) is 19.2. The average Bonchev–Trinajstić information content (AvgIpc) is 1.14. The zero-order valence-electron chi connectivity index (χ0n) is 91.8. The van der Waals surface area contributed by atoms with Crippen LogP contribution in [-0.4, -0.2) is 12.6 Å². The summed E-state index contributed by atoms with van der Waals surface area (Å²) in [6.07, 6.45) is 0. The molecule has 0 N–H and O–H groups in total. The second-order valence-electron chi connectivity index (χ2n) is 34.0. The largest absolute Gasteiger partial charge is 0.466 e. The van der Waals surface area contributed by atoms with E-state index >= 15 is 0 Å². The first kappa shape index (κ1) is 130. The van der Waals surface area contributed by atoms with E-state index in [1.54, 1.807) is 6.92 Å². The quantitative estimate of drug-likeness (QED) is 0.153. The number of ether oxygens (including phenoxy) is 1. The first-order chi connectivity index (χ1) is 70.6. The van der Waals surface area contributed by atoms with Crippen LogP contribution in [0.3, 0.4) is 0 Å². The van der Waals surface area contributed by atoms with Crippen molar-refractivity contribution in [1.29, 1.82) is 0 Å². The topological polar surface area (TPSA) is 26.3 Å². The fourth-order valence-corrected chi connectivity index (χ4v) is 10.9. The number of rotatable bonds is 1. The fraction of sp³-hybridized carbons (Fsp3) is 0.160. The number of carbonyl (C=O) groups excluding carboxylic acids is 1. The highest BCUT2D eigenvalue weighted by Gasteiger charge is 1.86. The molecule has 20 rings (SSSR count). The standard InChI is InChI=1S/20C7H8.C4H8O2/c20*1-7-5-3-2-4-6-7;1-3-6-4(2)5/h20*2-6H,1H3;3H2,1-2H3. The molecule has 20 aromatic rings. The van der Waals surface area contributed by atoms with Gasteiger partial charge >= 0.3 is 5.97 Å². The lowest BCUT2D eigenvalue weighted by Gasteiger charge is -1.89. The van der Waals surface area contributed by atoms with Gasteiger partial charge in [-0.2, -0.15) is 0 Å². The molecule has 756 valence electrons. The van der Waals surface area contributed by atoms with Crippen molar-refractivity contribution in [3.05, 3.63) is 718 Å². The summed E-state index contributed by atoms with van der Waals surface area (Å²) in [5.74, 6) is -0.211. The maximum atomic E-state index is 9.82. The maximum Gasteiger partial charge on any atom is 0.302 e. The number of esters is 1. The van der Waals surface area contributed by atoms with E-state index in [1.807, 2.05) is 364 Å². The summed E-state index contributed by atoms with van der Waals surface area (Å²) in [4.78, 5) is 9.82. The second kappa shape index (κ2) is 95.1. The van der Waals surface area contributed by atoms with E-state index in [0.29, 0.717) is 6.61 Å². The highest BCUT2D eigenvalue weighted by atomic mass is 16.5. The van der Waals surface area contributed by atoms with Gasteiger partial charge in [-0.05, 0) is 145 Å². The normalized spacial score (nSPS) is 8.67. The van der Waals surface area contributed by atoms with Crippen LogP contribution in [0, 0.1) is 138 Å². The molecule has 146 heavy (non-hydrogen) atoms. The van der Waals surface area contributed by atoms with E-state index in [1.165, 1.54) is 118 Å². The molecule has 0 radical (unpaired) electrons. The van der Waals surface area contributed by atoms with E-state index in [4.69, 9.17) is 0 Å². The van der Waals surface area contributed by atoms with Crippen molar-refractivity contribution >= 4 is 5.97 Å². The van der Waals surface area contributed by atoms with Crippen molar-refractivity contribution in [2.45, 2.75) is 152 Å². The maximum absolute atomic E-state index is 9.82. The van der Waals surface area contributed by atoms with Gasteiger partial charge < -0.3 is 4.74 Å². The first-order valence-electron chi connectivity index (χ1n) is 50.1. The summed E-state index contributed by atoms with van der Waals surface area (Å²) in [6.45, 7) is 45.3. The molecule has 0 amide bonds. The number of hydrogen-bond acceptors (Lipinski definition) is 2. The molecule has 0 unspecified atom stereocenters. The van der Waals surface area contributed by atoms with Crippen molar-refractivity contribution in [3.8, 4) is 0 Å². The molecule has 0 aliphatic heterocycles. The summed E-state index contributed by atoms with van der Waals surface area (Å²) in [6, 6.07) is 205. The van der Waals surface area contributed by atoms with Gasteiger partial charge in [0.2, 0.25) is 0 Å². The molecular formula is C144H168O2. The van der Waals surface area contributed by atoms with Crippen LogP contribution >= 0.6 is 0 Å². The predicted octanol–water partition coefficient (Wildman–Crippen LogP) is 40.5. The Hall–Kier alpha value is -16.1. The van der Waals surface area contributed by atoms with Gasteiger partial charge in [-0.3, -0.25) is 4.79 Å². The Balaban J connectivity index is 0.00000151. The number of hydrogen-bond donors (Lipinski definition) is 0. The van der Waals surface area contributed by atoms with Crippen LogP contribution in [0.4, 0.5) is 0 Å². The number of benzene rings is 20. The summed E-state index contributed by atoms with van der Waals surface area (Å²) in [5, 5.41) is 0. The Morgan fingerprint density at radius 2 is 0.164 bits per heavy atom. The van der Waals surface area contributed by atoms with Gasteiger partial charge in [0.1, 0.15) is 0 Å². The molecule has 0 aromatic heterocycles. The second-order valence-corrected chi connectivity index (χ2v) is 34.0. The zero-order valence-corrected chi connectivity index (χ0v) is 91.8. The fourth-order valence-electron chi connectivity index (χ4n) is 10.9. The summed E-state index contributed by atoms with van der Waals surface area (Å²) >= 11 is 0. The van der Waals surface area contributed by atoms with Crippen LogP contribution < -0.4 is 0 Å². The average molecular weight is 1930 g/mol. The highest BCUT2D eigenvalue weighted by Crippen LogP contribution is 2.05. The number of carbonyl (C=O) groups is 1. The van der Waals surface area contributed by atoms with Crippen LogP contribution in [0.15, 0.2) is 607 Å². The summed E-state index contributed by atoms with van der Waals surface area (Å²) < 4.78 is 4.40. The van der Waals surface area contributed by atoms with E-state index in [0.717, 1.165) is 0 Å². The van der Waals surface area contributed by atoms with Gasteiger partial charge in [-0.25, -0.2) is 0 Å². The van der Waals surface area contributed by atoms with E-state index < -0.39 is 0 Å². The smallest absolute Gasteiger partial charge is 0.302 e. The van der Waals surface area contributed by atoms with Crippen molar-refractivity contribution in [2.75, 3.05) is 6.61 Å². The van der Waals surface area contributed by atoms with Gasteiger partial charge in [-0.15, -0.1) is 0 Å². The lowest BCUT2D eigenvalue weighted by Crippen LogP contribution is -1.95. The van der Waals surface area contributed by atoms with Crippen LogP contribution in [-0.2, 0) is 9.53 Å². The SMILES string of the molecule is CCOC(C)=O.Cc1ccccc1.Cc1ccccc1.Cc1ccccc1.Cc1ccccc1.Cc1ccccc1.Cc1ccccc1.Cc1ccccc1.Cc1ccccc1.Cc1ccccc1.Cc1ccccc1.Cc1ccccc1.Cc1ccccc1.Cc1ccccc1.Cc1ccccc1.Cc1ccccc1.Cc1ccccc1.Cc1ccccc1.Cc1ccccc1.Cc1ccccc1.Cc1ccccc1. The van der Waals surface area contributed by atoms with Crippen molar-refractivity contribution < 1.29 is 9.53 Å². The van der Waals surface area contributed by atoms with Gasteiger partial charge in [0.25, 0.3) is 0 Å². The third-order valence-electron chi connectivity index (χ3n) is 19.2. The number of aryl methyl sites for hydroxylation is 20. The molecule has 0 aliphatic rings. The lowest BCUT2D eigenvalue weighted by molar-refractivity contribution is -0.140. The van der Waals surface area contributed by atoms with Crippen LogP contribution in [0.25, 0.3) is 0 Å². The molecule has 20 aromatic carbocycles. The molecule has 0 bridgehead atoms. The molecule has 2 heteroatoms. The Labute approximate surface area is 886 Å². The van der Waals surface area contributed by atoms with Crippen LogP contribution in [0.5, 0.6) is 0 Å². The first-order valence-corrected chi connectivity index (χ1v) is 50.1. The van der Waals surface area contributed by atoms with Crippen LogP contribution in [0.2, 0.25) is 0 Å². The Kier molecular flexibility index (Phi) is 84.6. The molecule has 0 atom stereocenters. The van der Waals surface area contributed by atoms with Crippen molar-refractivity contribution in [2.24, 2.45) is 0 Å². The van der Waals surface area contributed by atoms with Gasteiger partial charge in [0.15, 0.2) is 0 Å². The molecule has 0 saturated carbocycles. The molecule has 0 spiro atoms. The Morgan fingerprint density at radius 1 is 0.116 bits per heavy atom. The summed E-state index contributed by atoms with van der Waals surface area (Å²) in [5.41, 5.74) is 26.4. The third kappa shape index (κ3) is 95.4. The van der Waals surface area contributed by atoms with Gasteiger partial charge in [0.05, 0.1) is 6.61 Å². The minimum atomic E-state index is -0.211. The minimum Gasteiger partial charge on any atom is -0.466 e. The Bertz CT molecular complexity index is 4390. The lowest BCUT2D eigenvalue weighted by atomic mass is 10.2. The van der Waals surface area contributed by atoms with Crippen molar-refractivity contribution in [1.82, 2.24) is 0 Å². The molecule has 0 fully saturated rings. The molecule has 0 aliphatic carbocycles. The van der Waals surface area contributed by atoms with Gasteiger partial charge in [-0.1, -0.05) is 718 Å². The monoisotopic (exact) mass is 1930 g/mol. The predicted molar refractivity (Wildman–Crippen MR) is 646 cm³/mol. The summed E-state index contributed by atoms with van der Waals surface area (Å²) in [7, 11) is 0. The van der Waals surface area contributed by atoms with Crippen LogP contribution in [0.1, 0.15) is 125 Å². The molecule has 0 saturated heterocycles. The van der Waals surface area contributed by atoms with E-state index in [9.17, 15) is 4.79 Å². The molecule has 0 heterocycles. The Morgan fingerprint density at radius 3 is 0.178 bits per heavy atom. The molecular weight excluding hydrogens is 1760 g/mol. The zero-order chi connectivity index (χ0) is 107.